The van der Waals surface area contributed by atoms with E-state index in [1.807, 2.05) is 43.3 Å². The Morgan fingerprint density at radius 3 is 1.45 bits per heavy atom. The fraction of sp³-hybridized carbons (Fsp3) is 0.194. The summed E-state index contributed by atoms with van der Waals surface area (Å²) in [5.74, 6) is 2.66. The topological polar surface area (TPSA) is 139 Å². The van der Waals surface area contributed by atoms with Crippen molar-refractivity contribution in [1.82, 2.24) is 9.13 Å². The summed E-state index contributed by atoms with van der Waals surface area (Å²) in [4.78, 5) is 28.4. The van der Waals surface area contributed by atoms with Crippen LogP contribution in [0.25, 0.3) is 46.0 Å². The van der Waals surface area contributed by atoms with Gasteiger partial charge in [-0.2, -0.15) is 32.2 Å². The first-order chi connectivity index (χ1) is 39.8. The summed E-state index contributed by atoms with van der Waals surface area (Å²) in [6.07, 6.45) is -6.20. The summed E-state index contributed by atoms with van der Waals surface area (Å²) in [7, 11) is 0. The third-order valence-corrected chi connectivity index (χ3v) is 14.7. The number of Topliss-reactive ketones (excluding diaryl/α,β-unsaturated/α-hetero) is 1. The standard InChI is InChI=1S/C19H20N2O3S.C19H19NS.C12H7Cl2F3O2.C11H5Cl2F3O3.CH4/c1-3-22-17-8-4-15(5-9-17)19-12-14(2)13-21(19)16-6-10-18(11-7-16)25-24-23-20;1-14-4-6-16(7-5-14)19-12-15(2)13-20(19)17-8-10-18(21-3)11-9-17;1-5(18)8-3-6-2-7(13)4-9(14)10(6)19-11(8)12(15,16)17;12-5-1-4-2-6(10(17)18)9(11(14,15)16)19-8(4)7(13)3-5;/h4-13H,3,20H2,1-2H3;4-13H,1-3H3;2-4,11H,1H3;1-3,9H,(H,17,18);1H4/p-1/t;;11-;9-;/m..00./s1. The molecular weight excluding hydrogens is 1230 g/mol. The van der Waals surface area contributed by atoms with Crippen molar-refractivity contribution in [3.05, 3.63) is 205 Å². The normalized spacial score (nSPS) is 14.1. The molecule has 0 unspecified atom stereocenters. The summed E-state index contributed by atoms with van der Waals surface area (Å²) in [6.45, 7) is 10.0. The lowest BCUT2D eigenvalue weighted by molar-refractivity contribution is -0.302. The van der Waals surface area contributed by atoms with Gasteiger partial charge in [0.15, 0.2) is 5.78 Å². The maximum absolute atomic E-state index is 12.9. The van der Waals surface area contributed by atoms with Crippen molar-refractivity contribution < 1.29 is 64.6 Å². The van der Waals surface area contributed by atoms with Gasteiger partial charge in [-0.25, -0.2) is 0 Å². The number of aliphatic carboxylic acids is 1. The van der Waals surface area contributed by atoms with Gasteiger partial charge in [0, 0.05) is 65.9 Å². The summed E-state index contributed by atoms with van der Waals surface area (Å²) in [6, 6.07) is 43.1. The molecule has 0 bridgehead atoms. The molecule has 6 aromatic carbocycles. The van der Waals surface area contributed by atoms with Crippen molar-refractivity contribution in [2.75, 3.05) is 12.9 Å². The monoisotopic (exact) mass is 1290 g/mol. The van der Waals surface area contributed by atoms with Crippen molar-refractivity contribution in [2.45, 2.75) is 76.4 Å². The first kappa shape index (κ1) is 67.3. The molecular formula is C62H54Cl4F6N3O8S2-. The minimum Gasteiger partial charge on any atom is -0.545 e. The van der Waals surface area contributed by atoms with Gasteiger partial charge in [0.25, 0.3) is 0 Å². The van der Waals surface area contributed by atoms with Crippen molar-refractivity contribution in [3.63, 3.8) is 0 Å². The van der Waals surface area contributed by atoms with E-state index in [2.05, 4.69) is 135 Å². The third kappa shape index (κ3) is 17.5. The van der Waals surface area contributed by atoms with Gasteiger partial charge in [0.2, 0.25) is 12.2 Å². The number of aryl methyl sites for hydroxylation is 3. The number of ketones is 1. The zero-order chi connectivity index (χ0) is 61.2. The van der Waals surface area contributed by atoms with Crippen LogP contribution in [0.1, 0.15) is 49.1 Å². The van der Waals surface area contributed by atoms with Gasteiger partial charge in [-0.3, -0.25) is 4.79 Å². The van der Waals surface area contributed by atoms with Gasteiger partial charge in [-0.15, -0.1) is 21.1 Å². The van der Waals surface area contributed by atoms with Crippen LogP contribution in [0.4, 0.5) is 26.3 Å². The second-order valence-electron chi connectivity index (χ2n) is 18.5. The van der Waals surface area contributed by atoms with Crippen LogP contribution < -0.4 is 25.2 Å². The highest BCUT2D eigenvalue weighted by atomic mass is 35.5. The molecule has 85 heavy (non-hydrogen) atoms. The summed E-state index contributed by atoms with van der Waals surface area (Å²) >= 11 is 25.8. The Hall–Kier alpha value is -6.78. The van der Waals surface area contributed by atoms with E-state index < -0.39 is 47.5 Å². The number of carboxylic acids is 1. The summed E-state index contributed by atoms with van der Waals surface area (Å²) in [5, 5.41) is 11.0. The van der Waals surface area contributed by atoms with Crippen LogP contribution in [-0.4, -0.2) is 58.3 Å². The van der Waals surface area contributed by atoms with Gasteiger partial charge in [0.05, 0.1) is 46.1 Å². The Morgan fingerprint density at radius 2 is 1.05 bits per heavy atom. The Bertz CT molecular complexity index is 3580. The van der Waals surface area contributed by atoms with Crippen LogP contribution in [0.3, 0.4) is 0 Å². The lowest BCUT2D eigenvalue weighted by atomic mass is 9.98. The Morgan fingerprint density at radius 1 is 0.624 bits per heavy atom. The van der Waals surface area contributed by atoms with Crippen molar-refractivity contribution >= 4 is 94.1 Å². The molecule has 0 radical (unpaired) electrons. The molecule has 0 aliphatic carbocycles. The van der Waals surface area contributed by atoms with Crippen LogP contribution in [0.2, 0.25) is 20.1 Å². The lowest BCUT2D eigenvalue weighted by Gasteiger charge is -2.29. The van der Waals surface area contributed by atoms with Gasteiger partial charge >= 0.3 is 12.4 Å². The van der Waals surface area contributed by atoms with Crippen LogP contribution >= 0.6 is 70.2 Å². The maximum atomic E-state index is 12.9. The number of benzene rings is 6. The van der Waals surface area contributed by atoms with E-state index in [1.54, 1.807) is 11.8 Å². The summed E-state index contributed by atoms with van der Waals surface area (Å²) < 4.78 is 101. The highest BCUT2D eigenvalue weighted by molar-refractivity contribution is 7.98. The van der Waals surface area contributed by atoms with E-state index in [-0.39, 0.29) is 50.1 Å². The number of halogens is 10. The van der Waals surface area contributed by atoms with E-state index >= 15 is 0 Å². The lowest BCUT2D eigenvalue weighted by Crippen LogP contribution is -2.44. The number of alkyl halides is 6. The highest BCUT2D eigenvalue weighted by Gasteiger charge is 2.48. The van der Waals surface area contributed by atoms with Crippen LogP contribution in [0.5, 0.6) is 17.2 Å². The predicted octanol–water partition coefficient (Wildman–Crippen LogP) is 17.5. The SMILES string of the molecule is C.CC(=O)C1=Cc2cc(Cl)cc(Cl)c2O[C@@H]1C(F)(F)F.CCOc1ccc(-c2cc(C)cn2-c2ccc(SOON)cc2)cc1.CSc1ccc(-n2cc(C)cc2-c2ccc(C)cc2)cc1.O=C([O-])C1=Cc2cc(Cl)cc(Cl)c2O[C@@H]1C(F)(F)F. The molecule has 4 heterocycles. The zero-order valence-electron chi connectivity index (χ0n) is 45.2. The number of aromatic nitrogens is 2. The second kappa shape index (κ2) is 29.5. The van der Waals surface area contributed by atoms with Gasteiger partial charge < -0.3 is 33.2 Å². The smallest absolute Gasteiger partial charge is 0.429 e. The average Bonchev–Trinajstić information content (AvgIpc) is 2.22. The molecule has 8 aromatic rings. The van der Waals surface area contributed by atoms with E-state index in [0.29, 0.717) is 6.61 Å². The van der Waals surface area contributed by atoms with Crippen LogP contribution in [-0.2, 0) is 18.9 Å². The molecule has 0 saturated heterocycles. The number of nitrogens with two attached hydrogens (primary N) is 1. The van der Waals surface area contributed by atoms with E-state index in [4.69, 9.17) is 61.8 Å². The van der Waals surface area contributed by atoms with Crippen molar-refractivity contribution in [2.24, 2.45) is 5.90 Å². The van der Waals surface area contributed by atoms with Gasteiger partial charge in [0.1, 0.15) is 17.2 Å². The quantitative estimate of drug-likeness (QED) is 0.0411. The molecule has 448 valence electrons. The number of rotatable bonds is 12. The van der Waals surface area contributed by atoms with Crippen LogP contribution in [0, 0.1) is 20.8 Å². The predicted molar refractivity (Wildman–Crippen MR) is 324 cm³/mol. The number of carbonyl (C=O) groups excluding carboxylic acids is 2. The second-order valence-corrected chi connectivity index (χ2v) is 21.9. The van der Waals surface area contributed by atoms with E-state index in [9.17, 15) is 41.0 Å². The molecule has 11 nitrogen and oxygen atoms in total. The molecule has 2 atom stereocenters. The van der Waals surface area contributed by atoms with Crippen molar-refractivity contribution in [1.29, 1.82) is 0 Å². The number of hydrogen-bond donors (Lipinski definition) is 1. The highest BCUT2D eigenvalue weighted by Crippen LogP contribution is 2.44. The minimum atomic E-state index is -4.90. The number of carboxylic acid groups (broad SMARTS) is 1. The maximum Gasteiger partial charge on any atom is 0.429 e. The number of hydrogen-bond acceptors (Lipinski definition) is 11. The molecule has 0 fully saturated rings. The first-order valence-electron chi connectivity index (χ1n) is 25.0. The molecule has 10 rings (SSSR count). The number of thioether (sulfide) groups is 1. The molecule has 0 amide bonds. The molecule has 23 heteroatoms. The first-order valence-corrected chi connectivity index (χ1v) is 28.5. The number of carbonyl (C=O) groups is 2. The number of nitrogens with zero attached hydrogens (tertiary/aromatic N) is 2. The fourth-order valence-corrected chi connectivity index (χ4v) is 10.4. The average molecular weight is 1290 g/mol. The fourth-order valence-electron chi connectivity index (χ4n) is 8.55. The summed E-state index contributed by atoms with van der Waals surface area (Å²) in [5.41, 5.74) is 9.59. The Kier molecular flexibility index (Phi) is 23.4. The Balaban J connectivity index is 0.000000182. The zero-order valence-corrected chi connectivity index (χ0v) is 49.9. The number of fused-ring (bicyclic) bond motifs is 2. The molecule has 2 aromatic heterocycles. The molecule has 2 N–H and O–H groups in total. The largest absolute Gasteiger partial charge is 0.545 e. The minimum absolute atomic E-state index is 0. The van der Waals surface area contributed by atoms with Gasteiger partial charge in [-0.05, 0) is 184 Å². The molecule has 2 aliphatic rings. The molecule has 0 spiro atoms. The number of ether oxygens (including phenoxy) is 3. The molecule has 2 aliphatic heterocycles. The molecule has 0 saturated carbocycles. The van der Waals surface area contributed by atoms with Crippen LogP contribution in [0.15, 0.2) is 167 Å². The van der Waals surface area contributed by atoms with Crippen molar-refractivity contribution in [3.8, 4) is 51.1 Å². The van der Waals surface area contributed by atoms with E-state index in [0.717, 1.165) is 58.7 Å². The Labute approximate surface area is 515 Å². The third-order valence-electron chi connectivity index (χ3n) is 12.3. The van der Waals surface area contributed by atoms with E-state index in [1.165, 1.54) is 62.8 Å². The van der Waals surface area contributed by atoms with Gasteiger partial charge in [-0.1, -0.05) is 83.7 Å².